The van der Waals surface area contributed by atoms with E-state index in [9.17, 15) is 4.79 Å². The summed E-state index contributed by atoms with van der Waals surface area (Å²) in [6, 6.07) is 16.3. The zero-order chi connectivity index (χ0) is 18.1. The summed E-state index contributed by atoms with van der Waals surface area (Å²) in [4.78, 5) is 19.2. The number of carbonyl (C=O) groups is 1. The monoisotopic (exact) mass is 343 g/mol. The van der Waals surface area contributed by atoms with Crippen molar-refractivity contribution in [3.63, 3.8) is 0 Å². The average Bonchev–Trinajstić information content (AvgIpc) is 3.05. The third-order valence-electron chi connectivity index (χ3n) is 4.66. The quantitative estimate of drug-likeness (QED) is 0.753. The van der Waals surface area contributed by atoms with Crippen LogP contribution in [0.1, 0.15) is 27.0 Å². The van der Waals surface area contributed by atoms with E-state index in [2.05, 4.69) is 39.5 Å². The Morgan fingerprint density at radius 3 is 2.62 bits per heavy atom. The van der Waals surface area contributed by atoms with Crippen LogP contribution in [0.4, 0.5) is 17.1 Å². The number of pyridine rings is 1. The van der Waals surface area contributed by atoms with E-state index in [1.807, 2.05) is 44.3 Å². The first kappa shape index (κ1) is 16.3. The van der Waals surface area contributed by atoms with Gasteiger partial charge in [-0.2, -0.15) is 0 Å². The smallest absolute Gasteiger partial charge is 0.257 e. The zero-order valence-electron chi connectivity index (χ0n) is 15.0. The maximum atomic E-state index is 12.7. The topological polar surface area (TPSA) is 45.2 Å². The second-order valence-electron chi connectivity index (χ2n) is 6.79. The van der Waals surface area contributed by atoms with Crippen molar-refractivity contribution < 1.29 is 4.79 Å². The molecule has 0 bridgehead atoms. The molecule has 130 valence electrons. The molecule has 1 aliphatic rings. The molecule has 26 heavy (non-hydrogen) atoms. The van der Waals surface area contributed by atoms with Gasteiger partial charge in [-0.05, 0) is 61.2 Å². The highest BCUT2D eigenvalue weighted by Gasteiger charge is 2.21. The van der Waals surface area contributed by atoms with Gasteiger partial charge in [-0.15, -0.1) is 0 Å². The van der Waals surface area contributed by atoms with Gasteiger partial charge in [0.25, 0.3) is 5.91 Å². The molecule has 0 radical (unpaired) electrons. The number of aryl methyl sites for hydroxylation is 2. The highest BCUT2D eigenvalue weighted by molar-refractivity contribution is 6.04. The number of fused-ring (bicyclic) bond motifs is 1. The molecule has 1 N–H and O–H groups in total. The summed E-state index contributed by atoms with van der Waals surface area (Å²) in [5.41, 5.74) is 7.10. The van der Waals surface area contributed by atoms with Crippen LogP contribution >= 0.6 is 0 Å². The second-order valence-corrected chi connectivity index (χ2v) is 6.79. The second kappa shape index (κ2) is 6.64. The van der Waals surface area contributed by atoms with Crippen LogP contribution in [0.15, 0.2) is 60.9 Å². The van der Waals surface area contributed by atoms with Crippen LogP contribution in [0.25, 0.3) is 0 Å². The molecule has 0 saturated carbocycles. The molecule has 0 fully saturated rings. The van der Waals surface area contributed by atoms with Crippen molar-refractivity contribution >= 4 is 23.0 Å². The van der Waals surface area contributed by atoms with Crippen molar-refractivity contribution in [2.45, 2.75) is 20.3 Å². The van der Waals surface area contributed by atoms with Gasteiger partial charge in [-0.1, -0.05) is 24.3 Å². The van der Waals surface area contributed by atoms with E-state index >= 15 is 0 Å². The first-order chi connectivity index (χ1) is 12.6. The van der Waals surface area contributed by atoms with Gasteiger partial charge >= 0.3 is 0 Å². The number of rotatable bonds is 3. The van der Waals surface area contributed by atoms with Gasteiger partial charge in [0.05, 0.1) is 17.4 Å². The summed E-state index contributed by atoms with van der Waals surface area (Å²) in [7, 11) is 0. The molecular weight excluding hydrogens is 322 g/mol. The molecule has 2 aromatic carbocycles. The van der Waals surface area contributed by atoms with Gasteiger partial charge in [-0.25, -0.2) is 0 Å². The van der Waals surface area contributed by atoms with Gasteiger partial charge < -0.3 is 10.2 Å². The summed E-state index contributed by atoms with van der Waals surface area (Å²) in [5.74, 6) is -0.142. The molecular formula is C22H21N3O. The van der Waals surface area contributed by atoms with Crippen LogP contribution in [0.2, 0.25) is 0 Å². The minimum Gasteiger partial charge on any atom is -0.340 e. The first-order valence-corrected chi connectivity index (χ1v) is 8.80. The number of amides is 1. The fraction of sp³-hybridized carbons (Fsp3) is 0.182. The predicted molar refractivity (Wildman–Crippen MR) is 105 cm³/mol. The van der Waals surface area contributed by atoms with Crippen molar-refractivity contribution in [3.8, 4) is 0 Å². The number of hydrogen-bond acceptors (Lipinski definition) is 3. The average molecular weight is 343 g/mol. The fourth-order valence-corrected chi connectivity index (χ4v) is 3.56. The molecule has 0 aliphatic carbocycles. The summed E-state index contributed by atoms with van der Waals surface area (Å²) in [6.07, 6.45) is 4.44. The molecule has 1 amide bonds. The van der Waals surface area contributed by atoms with Crippen LogP contribution in [0, 0.1) is 13.8 Å². The Bertz CT molecular complexity index is 960. The van der Waals surface area contributed by atoms with Crippen LogP contribution in [-0.4, -0.2) is 17.4 Å². The lowest BCUT2D eigenvalue weighted by atomic mass is 10.1. The summed E-state index contributed by atoms with van der Waals surface area (Å²) >= 11 is 0. The number of benzene rings is 2. The number of carbonyl (C=O) groups excluding carboxylic acids is 1. The fourth-order valence-electron chi connectivity index (χ4n) is 3.56. The summed E-state index contributed by atoms with van der Waals surface area (Å²) < 4.78 is 0. The normalized spacial score (nSPS) is 12.8. The van der Waals surface area contributed by atoms with E-state index in [0.29, 0.717) is 5.56 Å². The van der Waals surface area contributed by atoms with Crippen molar-refractivity contribution in [3.05, 3.63) is 83.2 Å². The van der Waals surface area contributed by atoms with E-state index in [1.165, 1.54) is 11.3 Å². The lowest BCUT2D eigenvalue weighted by molar-refractivity contribution is 0.102. The molecule has 2 heterocycles. The molecule has 4 nitrogen and oxygen atoms in total. The molecule has 0 atom stereocenters. The Balaban J connectivity index is 1.59. The van der Waals surface area contributed by atoms with Gasteiger partial charge in [0.2, 0.25) is 0 Å². The largest absolute Gasteiger partial charge is 0.340 e. The number of anilines is 3. The van der Waals surface area contributed by atoms with Gasteiger partial charge in [0.15, 0.2) is 0 Å². The molecule has 1 aliphatic heterocycles. The maximum absolute atomic E-state index is 12.7. The van der Waals surface area contributed by atoms with Crippen molar-refractivity contribution in [2.75, 3.05) is 16.8 Å². The van der Waals surface area contributed by atoms with Crippen LogP contribution in [0.5, 0.6) is 0 Å². The highest BCUT2D eigenvalue weighted by Crippen LogP contribution is 2.34. The van der Waals surface area contributed by atoms with Crippen LogP contribution in [-0.2, 0) is 6.42 Å². The summed E-state index contributed by atoms with van der Waals surface area (Å²) in [5, 5.41) is 2.98. The molecule has 4 rings (SSSR count). The predicted octanol–water partition coefficient (Wildman–Crippen LogP) is 4.64. The van der Waals surface area contributed by atoms with Crippen molar-refractivity contribution in [2.24, 2.45) is 0 Å². The van der Waals surface area contributed by atoms with Gasteiger partial charge in [0.1, 0.15) is 0 Å². The molecule has 3 aromatic rings. The number of nitrogens with zero attached hydrogens (tertiary/aromatic N) is 2. The molecule has 1 aromatic heterocycles. The Kier molecular flexibility index (Phi) is 4.17. The molecule has 4 heteroatoms. The number of aromatic nitrogens is 1. The maximum Gasteiger partial charge on any atom is 0.257 e. The number of para-hydroxylation sites is 1. The van der Waals surface area contributed by atoms with E-state index in [-0.39, 0.29) is 5.91 Å². The molecule has 0 unspecified atom stereocenters. The molecule has 0 spiro atoms. The third kappa shape index (κ3) is 3.18. The minimum absolute atomic E-state index is 0.142. The molecule has 0 saturated heterocycles. The van der Waals surface area contributed by atoms with Crippen LogP contribution in [0.3, 0.4) is 0 Å². The Hall–Kier alpha value is -3.14. The lowest BCUT2D eigenvalue weighted by Crippen LogP contribution is -2.16. The summed E-state index contributed by atoms with van der Waals surface area (Å²) in [6.45, 7) is 4.95. The Morgan fingerprint density at radius 1 is 1.04 bits per heavy atom. The highest BCUT2D eigenvalue weighted by atomic mass is 16.1. The van der Waals surface area contributed by atoms with E-state index in [0.717, 1.165) is 35.5 Å². The van der Waals surface area contributed by atoms with Crippen molar-refractivity contribution in [1.82, 2.24) is 4.98 Å². The minimum atomic E-state index is -0.142. The standard InChI is InChI=1S/C22H21N3O/c1-15-9-16(2)11-19(10-15)24-22(26)18-12-20(14-23-13-18)25-8-7-17-5-3-4-6-21(17)25/h3-6,9-14H,7-8H2,1-2H3,(H,24,26). The Labute approximate surface area is 153 Å². The first-order valence-electron chi connectivity index (χ1n) is 8.80. The van der Waals surface area contributed by atoms with Gasteiger partial charge in [-0.3, -0.25) is 9.78 Å². The van der Waals surface area contributed by atoms with Crippen molar-refractivity contribution in [1.29, 1.82) is 0 Å². The lowest BCUT2D eigenvalue weighted by Gasteiger charge is -2.19. The third-order valence-corrected chi connectivity index (χ3v) is 4.66. The number of hydrogen-bond donors (Lipinski definition) is 1. The Morgan fingerprint density at radius 2 is 1.81 bits per heavy atom. The zero-order valence-corrected chi connectivity index (χ0v) is 15.0. The van der Waals surface area contributed by atoms with E-state index < -0.39 is 0 Å². The SMILES string of the molecule is Cc1cc(C)cc(NC(=O)c2cncc(N3CCc4ccccc43)c2)c1. The van der Waals surface area contributed by atoms with Gasteiger partial charge in [0, 0.05) is 24.1 Å². The number of nitrogens with one attached hydrogen (secondary N) is 1. The van der Waals surface area contributed by atoms with Crippen LogP contribution < -0.4 is 10.2 Å². The van der Waals surface area contributed by atoms with E-state index in [1.54, 1.807) is 6.20 Å². The van der Waals surface area contributed by atoms with E-state index in [4.69, 9.17) is 0 Å².